The standard InChI is InChI=1S/C20H19BrFN3/c21-15-6-10-17(11-7-15)25-20-18(3-1-2-12-23-20)19(24-25)13-14-4-8-16(22)9-5-14/h4-11,23H,1-3,12-13H2. The van der Waals surface area contributed by atoms with Crippen molar-refractivity contribution in [2.75, 3.05) is 11.9 Å². The number of halogens is 2. The Hall–Kier alpha value is -2.14. The van der Waals surface area contributed by atoms with Crippen LogP contribution in [0.4, 0.5) is 10.2 Å². The summed E-state index contributed by atoms with van der Waals surface area (Å²) in [7, 11) is 0. The summed E-state index contributed by atoms with van der Waals surface area (Å²) in [6.07, 6.45) is 4.05. The Bertz CT molecular complexity index is 869. The zero-order valence-corrected chi connectivity index (χ0v) is 15.4. The third-order valence-corrected chi connectivity index (χ3v) is 5.10. The Morgan fingerprint density at radius 1 is 1.04 bits per heavy atom. The smallest absolute Gasteiger partial charge is 0.133 e. The van der Waals surface area contributed by atoms with Crippen LogP contribution in [-0.4, -0.2) is 16.3 Å². The van der Waals surface area contributed by atoms with E-state index in [4.69, 9.17) is 5.10 Å². The third kappa shape index (κ3) is 3.47. The van der Waals surface area contributed by atoms with Gasteiger partial charge in [0.25, 0.3) is 0 Å². The molecule has 1 aromatic heterocycles. The van der Waals surface area contributed by atoms with E-state index in [0.29, 0.717) is 6.42 Å². The second-order valence-corrected chi connectivity index (χ2v) is 7.26. The van der Waals surface area contributed by atoms with Gasteiger partial charge in [-0.1, -0.05) is 28.1 Å². The van der Waals surface area contributed by atoms with Crippen molar-refractivity contribution in [3.05, 3.63) is 75.6 Å². The molecule has 3 nitrogen and oxygen atoms in total. The minimum absolute atomic E-state index is 0.204. The molecule has 0 saturated heterocycles. The lowest BCUT2D eigenvalue weighted by Crippen LogP contribution is -2.07. The van der Waals surface area contributed by atoms with Crippen LogP contribution in [-0.2, 0) is 12.8 Å². The van der Waals surface area contributed by atoms with Crippen molar-refractivity contribution in [2.45, 2.75) is 25.7 Å². The van der Waals surface area contributed by atoms with Crippen LogP contribution in [0.2, 0.25) is 0 Å². The SMILES string of the molecule is Fc1ccc(Cc2nn(-c3ccc(Br)cc3)c3c2CCCCN3)cc1. The van der Waals surface area contributed by atoms with Gasteiger partial charge >= 0.3 is 0 Å². The molecule has 0 amide bonds. The van der Waals surface area contributed by atoms with E-state index in [2.05, 4.69) is 33.4 Å². The molecule has 1 N–H and O–H groups in total. The summed E-state index contributed by atoms with van der Waals surface area (Å²) < 4.78 is 16.2. The van der Waals surface area contributed by atoms with Gasteiger partial charge in [-0.3, -0.25) is 0 Å². The number of fused-ring (bicyclic) bond motifs is 1. The van der Waals surface area contributed by atoms with Crippen molar-refractivity contribution in [2.24, 2.45) is 0 Å². The number of aromatic nitrogens is 2. The lowest BCUT2D eigenvalue weighted by Gasteiger charge is -2.09. The molecular weight excluding hydrogens is 381 g/mol. The fourth-order valence-electron chi connectivity index (χ4n) is 3.28. The van der Waals surface area contributed by atoms with Gasteiger partial charge in [-0.2, -0.15) is 5.10 Å². The van der Waals surface area contributed by atoms with Crippen molar-refractivity contribution >= 4 is 21.7 Å². The van der Waals surface area contributed by atoms with Gasteiger partial charge in [-0.05, 0) is 61.2 Å². The maximum absolute atomic E-state index is 13.2. The first-order valence-electron chi connectivity index (χ1n) is 8.56. The van der Waals surface area contributed by atoms with Crippen LogP contribution in [0, 0.1) is 5.82 Å². The van der Waals surface area contributed by atoms with Gasteiger partial charge in [-0.15, -0.1) is 0 Å². The molecule has 0 bridgehead atoms. The lowest BCUT2D eigenvalue weighted by atomic mass is 10.0. The summed E-state index contributed by atoms with van der Waals surface area (Å²) in [5.41, 5.74) is 4.47. The maximum Gasteiger partial charge on any atom is 0.133 e. The molecule has 5 heteroatoms. The van der Waals surface area contributed by atoms with Crippen molar-refractivity contribution in [1.29, 1.82) is 0 Å². The minimum Gasteiger partial charge on any atom is -0.370 e. The van der Waals surface area contributed by atoms with Gasteiger partial charge < -0.3 is 5.32 Å². The number of nitrogens with zero attached hydrogens (tertiary/aromatic N) is 2. The normalized spacial score (nSPS) is 13.8. The highest BCUT2D eigenvalue weighted by Gasteiger charge is 2.20. The van der Waals surface area contributed by atoms with E-state index in [0.717, 1.165) is 53.0 Å². The molecule has 4 rings (SSSR count). The Balaban J connectivity index is 1.76. The highest BCUT2D eigenvalue weighted by atomic mass is 79.9. The molecule has 1 aliphatic rings. The Kier molecular flexibility index (Phi) is 4.57. The van der Waals surface area contributed by atoms with E-state index in [1.807, 2.05) is 28.9 Å². The molecule has 128 valence electrons. The van der Waals surface area contributed by atoms with E-state index in [9.17, 15) is 4.39 Å². The third-order valence-electron chi connectivity index (χ3n) is 4.57. The summed E-state index contributed by atoms with van der Waals surface area (Å²) in [6, 6.07) is 14.9. The average Bonchev–Trinajstić information content (AvgIpc) is 2.80. The van der Waals surface area contributed by atoms with Gasteiger partial charge in [0.2, 0.25) is 0 Å². The first kappa shape index (κ1) is 16.3. The topological polar surface area (TPSA) is 29.9 Å². The van der Waals surface area contributed by atoms with E-state index >= 15 is 0 Å². The molecule has 1 aliphatic heterocycles. The summed E-state index contributed by atoms with van der Waals surface area (Å²) in [4.78, 5) is 0. The van der Waals surface area contributed by atoms with Gasteiger partial charge in [0.15, 0.2) is 0 Å². The molecule has 0 aliphatic carbocycles. The number of hydrogen-bond donors (Lipinski definition) is 1. The summed E-state index contributed by atoms with van der Waals surface area (Å²) in [5.74, 6) is 0.890. The molecule has 25 heavy (non-hydrogen) atoms. The van der Waals surface area contributed by atoms with E-state index in [-0.39, 0.29) is 5.82 Å². The average molecular weight is 400 g/mol. The van der Waals surface area contributed by atoms with Crippen molar-refractivity contribution < 1.29 is 4.39 Å². The van der Waals surface area contributed by atoms with E-state index in [1.165, 1.54) is 17.7 Å². The predicted octanol–water partition coefficient (Wildman–Crippen LogP) is 5.11. The number of nitrogens with one attached hydrogen (secondary N) is 1. The monoisotopic (exact) mass is 399 g/mol. The zero-order valence-electron chi connectivity index (χ0n) is 13.8. The number of anilines is 1. The fraction of sp³-hybridized carbons (Fsp3) is 0.250. The van der Waals surface area contributed by atoms with Crippen LogP contribution in [0.15, 0.2) is 53.0 Å². The first-order valence-corrected chi connectivity index (χ1v) is 9.35. The Morgan fingerprint density at radius 2 is 1.80 bits per heavy atom. The highest BCUT2D eigenvalue weighted by Crippen LogP contribution is 2.29. The highest BCUT2D eigenvalue weighted by molar-refractivity contribution is 9.10. The minimum atomic E-state index is -0.204. The molecule has 0 radical (unpaired) electrons. The number of benzene rings is 2. The maximum atomic E-state index is 13.2. The Labute approximate surface area is 155 Å². The van der Waals surface area contributed by atoms with Crippen LogP contribution < -0.4 is 5.32 Å². The van der Waals surface area contributed by atoms with Gasteiger partial charge in [0.1, 0.15) is 11.6 Å². The molecule has 2 heterocycles. The van der Waals surface area contributed by atoms with Crippen molar-refractivity contribution in [1.82, 2.24) is 9.78 Å². The van der Waals surface area contributed by atoms with Crippen LogP contribution in [0.5, 0.6) is 0 Å². The zero-order chi connectivity index (χ0) is 17.2. The molecule has 3 aromatic rings. The van der Waals surface area contributed by atoms with E-state index < -0.39 is 0 Å². The first-order chi connectivity index (χ1) is 12.2. The van der Waals surface area contributed by atoms with Crippen LogP contribution in [0.25, 0.3) is 5.69 Å². The number of hydrogen-bond acceptors (Lipinski definition) is 2. The van der Waals surface area contributed by atoms with Gasteiger partial charge in [0, 0.05) is 23.0 Å². The Morgan fingerprint density at radius 3 is 2.56 bits per heavy atom. The van der Waals surface area contributed by atoms with Crippen LogP contribution >= 0.6 is 15.9 Å². The molecular formula is C20H19BrFN3. The molecule has 0 unspecified atom stereocenters. The summed E-state index contributed by atoms with van der Waals surface area (Å²) in [5, 5.41) is 8.45. The molecule has 0 spiro atoms. The van der Waals surface area contributed by atoms with Crippen LogP contribution in [0.1, 0.15) is 29.7 Å². The van der Waals surface area contributed by atoms with Crippen LogP contribution in [0.3, 0.4) is 0 Å². The summed E-state index contributed by atoms with van der Waals surface area (Å²) >= 11 is 3.48. The van der Waals surface area contributed by atoms with Crippen molar-refractivity contribution in [3.63, 3.8) is 0 Å². The van der Waals surface area contributed by atoms with Gasteiger partial charge in [0.05, 0.1) is 11.4 Å². The largest absolute Gasteiger partial charge is 0.370 e. The number of rotatable bonds is 3. The van der Waals surface area contributed by atoms with E-state index in [1.54, 1.807) is 0 Å². The molecule has 0 atom stereocenters. The predicted molar refractivity (Wildman–Crippen MR) is 102 cm³/mol. The van der Waals surface area contributed by atoms with Gasteiger partial charge in [-0.25, -0.2) is 9.07 Å². The molecule has 0 saturated carbocycles. The summed E-state index contributed by atoms with van der Waals surface area (Å²) in [6.45, 7) is 0.964. The molecule has 0 fully saturated rings. The second kappa shape index (κ2) is 7.00. The second-order valence-electron chi connectivity index (χ2n) is 6.35. The fourth-order valence-corrected chi connectivity index (χ4v) is 3.54. The quantitative estimate of drug-likeness (QED) is 0.662. The van der Waals surface area contributed by atoms with Crippen molar-refractivity contribution in [3.8, 4) is 5.69 Å². The molecule has 2 aromatic carbocycles. The lowest BCUT2D eigenvalue weighted by molar-refractivity contribution is 0.627.